The van der Waals surface area contributed by atoms with Crippen LogP contribution in [0.15, 0.2) is 54.7 Å². The molecule has 2 aliphatic heterocycles. The molecule has 0 bridgehead atoms. The van der Waals surface area contributed by atoms with E-state index in [1.165, 1.54) is 12.1 Å². The van der Waals surface area contributed by atoms with Crippen molar-refractivity contribution < 1.29 is 28.5 Å². The molecule has 1 N–H and O–H groups in total. The van der Waals surface area contributed by atoms with Crippen LogP contribution in [-0.2, 0) is 22.6 Å². The van der Waals surface area contributed by atoms with Crippen molar-refractivity contribution in [3.8, 4) is 22.6 Å². The van der Waals surface area contributed by atoms with Crippen LogP contribution in [0.3, 0.4) is 0 Å². The average Bonchev–Trinajstić information content (AvgIpc) is 3.20. The molecule has 0 saturated carbocycles. The number of carbonyl (C=O) groups is 1. The minimum absolute atomic E-state index is 0.000804. The van der Waals surface area contributed by atoms with Gasteiger partial charge in [-0.25, -0.2) is 4.39 Å². The molecule has 1 fully saturated rings. The number of hydrogen-bond acceptors (Lipinski definition) is 6. The van der Waals surface area contributed by atoms with Gasteiger partial charge in [0, 0.05) is 30.2 Å². The summed E-state index contributed by atoms with van der Waals surface area (Å²) in [5, 5.41) is 10.1. The van der Waals surface area contributed by atoms with E-state index >= 15 is 0 Å². The monoisotopic (exact) mass is 531 g/mol. The summed E-state index contributed by atoms with van der Waals surface area (Å²) in [7, 11) is 0. The van der Waals surface area contributed by atoms with Crippen LogP contribution in [-0.4, -0.2) is 33.9 Å². The summed E-state index contributed by atoms with van der Waals surface area (Å²) < 4.78 is 32.5. The molecular formula is C32H34FNO5. The molecule has 6 nitrogen and oxygen atoms in total. The number of esters is 1. The Morgan fingerprint density at radius 1 is 1.21 bits per heavy atom. The maximum atomic E-state index is 14.0. The first-order valence-corrected chi connectivity index (χ1v) is 13.4. The second kappa shape index (κ2) is 10.8. The lowest BCUT2D eigenvalue weighted by Gasteiger charge is -2.25. The molecule has 0 radical (unpaired) electrons. The van der Waals surface area contributed by atoms with Crippen LogP contribution in [0, 0.1) is 5.82 Å². The highest BCUT2D eigenvalue weighted by atomic mass is 19.1. The van der Waals surface area contributed by atoms with Crippen molar-refractivity contribution in [1.82, 2.24) is 4.98 Å². The molecular weight excluding hydrogens is 497 g/mol. The van der Waals surface area contributed by atoms with Crippen molar-refractivity contribution in [2.75, 3.05) is 0 Å². The topological polar surface area (TPSA) is 77.9 Å². The standard InChI is InChI=1S/C32H34FNO5/c1-19(2)28-25(13-12-24-15-23(35)16-27(36)38-24)29(20-8-10-21(33)11-9-20)31(30-26(28)17-32(3,4)39-30)37-18-22-7-5-6-14-34-22/h5-14,19,23-24,35H,15-18H2,1-4H3/t23-,24-/m1/s1. The molecule has 1 saturated heterocycles. The molecule has 0 unspecified atom stereocenters. The number of benzene rings is 2. The third-order valence-electron chi connectivity index (χ3n) is 7.04. The van der Waals surface area contributed by atoms with Crippen molar-refractivity contribution >= 4 is 12.0 Å². The number of rotatable bonds is 7. The molecule has 0 amide bonds. The highest BCUT2D eigenvalue weighted by Crippen LogP contribution is 2.53. The molecule has 0 aliphatic carbocycles. The molecule has 0 spiro atoms. The van der Waals surface area contributed by atoms with Crippen molar-refractivity contribution in [2.24, 2.45) is 0 Å². The fourth-order valence-electron chi connectivity index (χ4n) is 5.45. The molecule has 1 aromatic heterocycles. The van der Waals surface area contributed by atoms with Gasteiger partial charge >= 0.3 is 5.97 Å². The summed E-state index contributed by atoms with van der Waals surface area (Å²) in [6, 6.07) is 12.0. The number of pyridine rings is 1. The first kappa shape index (κ1) is 26.9. The van der Waals surface area contributed by atoms with Crippen LogP contribution in [0.1, 0.15) is 68.8 Å². The second-order valence-corrected chi connectivity index (χ2v) is 11.1. The van der Waals surface area contributed by atoms with Crippen molar-refractivity contribution in [2.45, 2.75) is 77.3 Å². The first-order valence-electron chi connectivity index (χ1n) is 13.4. The maximum absolute atomic E-state index is 14.0. The number of hydrogen-bond donors (Lipinski definition) is 1. The van der Waals surface area contributed by atoms with Gasteiger partial charge in [-0.2, -0.15) is 0 Å². The minimum Gasteiger partial charge on any atom is -0.483 e. The molecule has 5 rings (SSSR count). The third-order valence-corrected chi connectivity index (χ3v) is 7.04. The van der Waals surface area contributed by atoms with Gasteiger partial charge in [-0.15, -0.1) is 0 Å². The number of fused-ring (bicyclic) bond motifs is 1. The summed E-state index contributed by atoms with van der Waals surface area (Å²) in [5.74, 6) is 0.625. The van der Waals surface area contributed by atoms with E-state index in [9.17, 15) is 14.3 Å². The quantitative estimate of drug-likeness (QED) is 0.356. The number of carbonyl (C=O) groups excluding carboxylic acids is 1. The Bertz CT molecular complexity index is 1380. The fourth-order valence-corrected chi connectivity index (χ4v) is 5.45. The predicted octanol–water partition coefficient (Wildman–Crippen LogP) is 6.38. The largest absolute Gasteiger partial charge is 0.483 e. The fraction of sp³-hybridized carbons (Fsp3) is 0.375. The van der Waals surface area contributed by atoms with Gasteiger partial charge in [-0.3, -0.25) is 9.78 Å². The van der Waals surface area contributed by atoms with Gasteiger partial charge in [0.2, 0.25) is 0 Å². The number of aromatic nitrogens is 1. The molecule has 204 valence electrons. The third kappa shape index (κ3) is 5.83. The van der Waals surface area contributed by atoms with Crippen LogP contribution < -0.4 is 9.47 Å². The summed E-state index contributed by atoms with van der Waals surface area (Å²) in [5.41, 5.74) is 4.91. The van der Waals surface area contributed by atoms with Crippen LogP contribution in [0.25, 0.3) is 17.2 Å². The van der Waals surface area contributed by atoms with E-state index in [0.717, 1.165) is 33.5 Å². The lowest BCUT2D eigenvalue weighted by Crippen LogP contribution is -2.31. The van der Waals surface area contributed by atoms with Gasteiger partial charge in [0.1, 0.15) is 24.1 Å². The molecule has 39 heavy (non-hydrogen) atoms. The maximum Gasteiger partial charge on any atom is 0.309 e. The summed E-state index contributed by atoms with van der Waals surface area (Å²) in [6.45, 7) is 8.59. The van der Waals surface area contributed by atoms with E-state index in [4.69, 9.17) is 14.2 Å². The molecule has 2 aromatic carbocycles. The molecule has 3 aromatic rings. The van der Waals surface area contributed by atoms with Crippen molar-refractivity contribution in [3.63, 3.8) is 0 Å². The highest BCUT2D eigenvalue weighted by Gasteiger charge is 2.38. The van der Waals surface area contributed by atoms with E-state index in [0.29, 0.717) is 24.3 Å². The van der Waals surface area contributed by atoms with Gasteiger partial charge in [0.15, 0.2) is 11.5 Å². The number of cyclic esters (lactones) is 1. The molecule has 2 atom stereocenters. The van der Waals surface area contributed by atoms with Crippen LogP contribution >= 0.6 is 0 Å². The zero-order valence-corrected chi connectivity index (χ0v) is 22.7. The number of aliphatic hydroxyl groups excluding tert-OH is 1. The number of aliphatic hydroxyl groups is 1. The zero-order valence-electron chi connectivity index (χ0n) is 22.7. The van der Waals surface area contributed by atoms with Gasteiger partial charge in [0.25, 0.3) is 0 Å². The Kier molecular flexibility index (Phi) is 7.45. The Labute approximate surface area is 228 Å². The minimum atomic E-state index is -0.742. The lowest BCUT2D eigenvalue weighted by molar-refractivity contribution is -0.156. The average molecular weight is 532 g/mol. The van der Waals surface area contributed by atoms with Crippen LogP contribution in [0.5, 0.6) is 11.5 Å². The highest BCUT2D eigenvalue weighted by molar-refractivity contribution is 5.87. The van der Waals surface area contributed by atoms with Crippen molar-refractivity contribution in [1.29, 1.82) is 0 Å². The second-order valence-electron chi connectivity index (χ2n) is 11.1. The zero-order chi connectivity index (χ0) is 27.7. The normalized spacial score (nSPS) is 20.1. The summed E-state index contributed by atoms with van der Waals surface area (Å²) in [6.07, 6.45) is 5.22. The van der Waals surface area contributed by atoms with E-state index in [-0.39, 0.29) is 24.8 Å². The van der Waals surface area contributed by atoms with Gasteiger partial charge in [-0.1, -0.05) is 38.1 Å². The summed E-state index contributed by atoms with van der Waals surface area (Å²) >= 11 is 0. The Balaban J connectivity index is 1.72. The van der Waals surface area contributed by atoms with Gasteiger partial charge < -0.3 is 19.3 Å². The predicted molar refractivity (Wildman–Crippen MR) is 147 cm³/mol. The lowest BCUT2D eigenvalue weighted by atomic mass is 9.83. The molecule has 3 heterocycles. The molecule has 7 heteroatoms. The first-order chi connectivity index (χ1) is 18.6. The van der Waals surface area contributed by atoms with Gasteiger partial charge in [-0.05, 0) is 66.8 Å². The number of ether oxygens (including phenoxy) is 3. The van der Waals surface area contributed by atoms with Crippen molar-refractivity contribution in [3.05, 3.63) is 82.9 Å². The van der Waals surface area contributed by atoms with Gasteiger partial charge in [0.05, 0.1) is 18.2 Å². The Morgan fingerprint density at radius 2 is 1.97 bits per heavy atom. The van der Waals surface area contributed by atoms with E-state index in [2.05, 4.69) is 32.7 Å². The van der Waals surface area contributed by atoms with E-state index < -0.39 is 23.8 Å². The SMILES string of the molecule is CC(C)c1c(C=C[C@@H]2C[C@@H](O)CC(=O)O2)c(-c2ccc(F)cc2)c(OCc2ccccn2)c2c1CC(C)(C)O2. The smallest absolute Gasteiger partial charge is 0.309 e. The molecule has 2 aliphatic rings. The van der Waals surface area contributed by atoms with Crippen LogP contribution in [0.4, 0.5) is 4.39 Å². The Hall–Kier alpha value is -3.71. The summed E-state index contributed by atoms with van der Waals surface area (Å²) in [4.78, 5) is 16.4. The van der Waals surface area contributed by atoms with Crippen LogP contribution in [0.2, 0.25) is 0 Å². The Morgan fingerprint density at radius 3 is 2.64 bits per heavy atom. The number of halogens is 1. The van der Waals surface area contributed by atoms with E-state index in [1.54, 1.807) is 18.3 Å². The number of nitrogens with zero attached hydrogens (tertiary/aromatic N) is 1. The van der Waals surface area contributed by atoms with E-state index in [1.807, 2.05) is 30.4 Å².